The van der Waals surface area contributed by atoms with Crippen molar-refractivity contribution in [3.05, 3.63) is 46.6 Å². The number of nitrogens with zero attached hydrogens (tertiary/aromatic N) is 1. The lowest BCUT2D eigenvalue weighted by molar-refractivity contribution is 0.0977. The van der Waals surface area contributed by atoms with Crippen LogP contribution in [-0.2, 0) is 10.0 Å². The van der Waals surface area contributed by atoms with E-state index < -0.39 is 44.5 Å². The van der Waals surface area contributed by atoms with E-state index in [4.69, 9.17) is 21.1 Å². The zero-order chi connectivity index (χ0) is 21.3. The predicted octanol–water partition coefficient (Wildman–Crippen LogP) is 3.67. The van der Waals surface area contributed by atoms with Crippen LogP contribution in [0.1, 0.15) is 31.1 Å². The summed E-state index contributed by atoms with van der Waals surface area (Å²) in [7, 11) is -3.94. The summed E-state index contributed by atoms with van der Waals surface area (Å²) in [5, 5.41) is 0.0949. The molecule has 0 saturated heterocycles. The summed E-state index contributed by atoms with van der Waals surface area (Å²) in [6.07, 6.45) is 1.91. The average molecular weight is 435 g/mol. The number of nitrogens with one attached hydrogen (secondary N) is 1. The van der Waals surface area contributed by atoms with E-state index in [0.717, 1.165) is 0 Å². The van der Waals surface area contributed by atoms with Gasteiger partial charge in [0.2, 0.25) is 15.9 Å². The molecule has 0 aliphatic heterocycles. The maximum absolute atomic E-state index is 14.2. The second-order valence-electron chi connectivity index (χ2n) is 6.74. The number of rotatable bonds is 5. The van der Waals surface area contributed by atoms with E-state index in [1.165, 1.54) is 12.3 Å². The summed E-state index contributed by atoms with van der Waals surface area (Å²) in [5.74, 6) is -3.98. The van der Waals surface area contributed by atoms with Crippen molar-refractivity contribution in [1.82, 2.24) is 9.71 Å². The van der Waals surface area contributed by atoms with Gasteiger partial charge in [-0.15, -0.1) is 0 Å². The van der Waals surface area contributed by atoms with E-state index in [0.29, 0.717) is 18.4 Å². The molecule has 0 bridgehead atoms. The van der Waals surface area contributed by atoms with Crippen LogP contribution in [0, 0.1) is 11.6 Å². The molecule has 1 aromatic carbocycles. The van der Waals surface area contributed by atoms with Gasteiger partial charge in [0.25, 0.3) is 5.91 Å². The summed E-state index contributed by atoms with van der Waals surface area (Å²) >= 11 is 6.06. The Balaban J connectivity index is 2.27. The number of carbonyl (C=O) groups excluding carboxylic acids is 1. The summed E-state index contributed by atoms with van der Waals surface area (Å²) < 4.78 is 62.8. The van der Waals surface area contributed by atoms with Crippen LogP contribution in [0.5, 0.6) is 17.4 Å². The summed E-state index contributed by atoms with van der Waals surface area (Å²) in [6, 6.07) is 2.44. The molecule has 2 aromatic rings. The first-order valence-corrected chi connectivity index (χ1v) is 10.1. The Bertz CT molecular complexity index is 1020. The topological polar surface area (TPSA) is 94.6 Å². The number of hydrogen-bond acceptors (Lipinski definition) is 6. The molecule has 28 heavy (non-hydrogen) atoms. The lowest BCUT2D eigenvalue weighted by Crippen LogP contribution is -2.30. The molecule has 1 amide bonds. The smallest absolute Gasteiger partial charge is 0.267 e. The molecular formula is C17H17ClF2N2O5S. The number of amides is 1. The molecular weight excluding hydrogens is 418 g/mol. The van der Waals surface area contributed by atoms with Gasteiger partial charge in [-0.1, -0.05) is 11.6 Å². The zero-order valence-corrected chi connectivity index (χ0v) is 16.9. The highest BCUT2D eigenvalue weighted by Crippen LogP contribution is 2.32. The molecule has 0 fully saturated rings. The number of benzene rings is 1. The fourth-order valence-electron chi connectivity index (χ4n) is 1.96. The van der Waals surface area contributed by atoms with Gasteiger partial charge in [-0.2, -0.15) is 0 Å². The second kappa shape index (κ2) is 7.88. The molecule has 0 aliphatic rings. The van der Waals surface area contributed by atoms with Crippen molar-refractivity contribution in [3.63, 3.8) is 0 Å². The number of halogens is 3. The normalized spacial score (nSPS) is 11.8. The van der Waals surface area contributed by atoms with Gasteiger partial charge in [-0.25, -0.2) is 26.9 Å². The van der Waals surface area contributed by atoms with E-state index in [1.807, 2.05) is 0 Å². The fraction of sp³-hybridized carbons (Fsp3) is 0.294. The highest BCUT2D eigenvalue weighted by atomic mass is 35.5. The van der Waals surface area contributed by atoms with Crippen molar-refractivity contribution in [2.75, 3.05) is 6.26 Å². The standard InChI is InChI=1S/C17H17ClF2N2O5S/c1-17(2,3)27-16-11(18)5-9(8-21-16)26-14-7-12(19)10(6-13(14)20)15(23)22-28(4,24)25/h5-8H,1-4H3,(H,22,23). The predicted molar refractivity (Wildman–Crippen MR) is 98.4 cm³/mol. The number of hydrogen-bond donors (Lipinski definition) is 1. The third kappa shape index (κ3) is 6.03. The number of aromatic nitrogens is 1. The highest BCUT2D eigenvalue weighted by molar-refractivity contribution is 7.89. The van der Waals surface area contributed by atoms with Gasteiger partial charge in [0.05, 0.1) is 18.0 Å². The Morgan fingerprint density at radius 2 is 1.82 bits per heavy atom. The highest BCUT2D eigenvalue weighted by Gasteiger charge is 2.21. The minimum absolute atomic E-state index is 0.00195. The Morgan fingerprint density at radius 1 is 1.18 bits per heavy atom. The fourth-order valence-corrected chi connectivity index (χ4v) is 2.60. The second-order valence-corrected chi connectivity index (χ2v) is 8.90. The Labute approximate surface area is 165 Å². The van der Waals surface area contributed by atoms with Crippen molar-refractivity contribution >= 4 is 27.5 Å². The first-order chi connectivity index (χ1) is 12.7. The Hall–Kier alpha value is -2.46. The van der Waals surface area contributed by atoms with Crippen molar-refractivity contribution in [3.8, 4) is 17.4 Å². The zero-order valence-electron chi connectivity index (χ0n) is 15.3. The van der Waals surface area contributed by atoms with E-state index >= 15 is 0 Å². The largest absolute Gasteiger partial charge is 0.471 e. The molecule has 0 spiro atoms. The third-order valence-electron chi connectivity index (χ3n) is 2.96. The Morgan fingerprint density at radius 3 is 2.36 bits per heavy atom. The van der Waals surface area contributed by atoms with Gasteiger partial charge in [-0.3, -0.25) is 4.79 Å². The number of pyridine rings is 1. The van der Waals surface area contributed by atoms with Crippen LogP contribution < -0.4 is 14.2 Å². The minimum Gasteiger partial charge on any atom is -0.471 e. The molecule has 1 N–H and O–H groups in total. The molecule has 152 valence electrons. The summed E-state index contributed by atoms with van der Waals surface area (Å²) in [4.78, 5) is 15.7. The molecule has 0 saturated carbocycles. The molecule has 0 aliphatic carbocycles. The third-order valence-corrected chi connectivity index (χ3v) is 3.78. The monoisotopic (exact) mass is 434 g/mol. The van der Waals surface area contributed by atoms with Crippen LogP contribution in [0.25, 0.3) is 0 Å². The van der Waals surface area contributed by atoms with Crippen LogP contribution >= 0.6 is 11.6 Å². The maximum Gasteiger partial charge on any atom is 0.267 e. The number of carbonyl (C=O) groups is 1. The SMILES string of the molecule is CC(C)(C)Oc1ncc(Oc2cc(F)c(C(=O)NS(C)(=O)=O)cc2F)cc1Cl. The van der Waals surface area contributed by atoms with E-state index in [1.54, 1.807) is 25.5 Å². The van der Waals surface area contributed by atoms with E-state index in [2.05, 4.69) is 4.98 Å². The molecule has 1 heterocycles. The minimum atomic E-state index is -3.94. The lowest BCUT2D eigenvalue weighted by atomic mass is 10.2. The first-order valence-electron chi connectivity index (χ1n) is 7.79. The van der Waals surface area contributed by atoms with E-state index in [9.17, 15) is 22.0 Å². The van der Waals surface area contributed by atoms with Gasteiger partial charge in [0.15, 0.2) is 11.6 Å². The molecule has 0 radical (unpaired) electrons. The summed E-state index contributed by atoms with van der Waals surface area (Å²) in [6.45, 7) is 5.40. The Kier molecular flexibility index (Phi) is 6.15. The molecule has 7 nitrogen and oxygen atoms in total. The number of sulfonamides is 1. The van der Waals surface area contributed by atoms with Gasteiger partial charge in [0, 0.05) is 12.1 Å². The van der Waals surface area contributed by atoms with Crippen LogP contribution in [0.4, 0.5) is 8.78 Å². The van der Waals surface area contributed by atoms with Crippen LogP contribution in [0.2, 0.25) is 5.02 Å². The van der Waals surface area contributed by atoms with Crippen LogP contribution in [0.3, 0.4) is 0 Å². The summed E-state index contributed by atoms with van der Waals surface area (Å²) in [5.41, 5.74) is -1.34. The van der Waals surface area contributed by atoms with Gasteiger partial charge in [-0.05, 0) is 26.8 Å². The average Bonchev–Trinajstić information content (AvgIpc) is 2.50. The lowest BCUT2D eigenvalue weighted by Gasteiger charge is -2.21. The van der Waals surface area contributed by atoms with Gasteiger partial charge >= 0.3 is 0 Å². The first kappa shape index (κ1) is 21.8. The molecule has 2 rings (SSSR count). The van der Waals surface area contributed by atoms with Gasteiger partial charge < -0.3 is 9.47 Å². The molecule has 11 heteroatoms. The van der Waals surface area contributed by atoms with E-state index in [-0.39, 0.29) is 16.7 Å². The van der Waals surface area contributed by atoms with Crippen molar-refractivity contribution in [2.45, 2.75) is 26.4 Å². The molecule has 0 atom stereocenters. The van der Waals surface area contributed by atoms with Crippen LogP contribution in [-0.4, -0.2) is 31.2 Å². The van der Waals surface area contributed by atoms with Crippen LogP contribution in [0.15, 0.2) is 24.4 Å². The number of ether oxygens (including phenoxy) is 2. The van der Waals surface area contributed by atoms with Crippen molar-refractivity contribution in [1.29, 1.82) is 0 Å². The van der Waals surface area contributed by atoms with Crippen molar-refractivity contribution in [2.24, 2.45) is 0 Å². The molecule has 0 unspecified atom stereocenters. The molecule has 1 aromatic heterocycles. The maximum atomic E-state index is 14.2. The van der Waals surface area contributed by atoms with Gasteiger partial charge in [0.1, 0.15) is 22.2 Å². The van der Waals surface area contributed by atoms with Crippen molar-refractivity contribution < 1.29 is 31.5 Å². The quantitative estimate of drug-likeness (QED) is 0.771.